The highest BCUT2D eigenvalue weighted by Gasteiger charge is 2.30. The lowest BCUT2D eigenvalue weighted by Gasteiger charge is -2.33. The number of benzene rings is 2. The van der Waals surface area contributed by atoms with Gasteiger partial charge in [0, 0.05) is 17.4 Å². The minimum Gasteiger partial charge on any atom is -0.345 e. The van der Waals surface area contributed by atoms with Gasteiger partial charge in [-0.25, -0.2) is 4.98 Å². The van der Waals surface area contributed by atoms with E-state index >= 15 is 0 Å². The summed E-state index contributed by atoms with van der Waals surface area (Å²) in [6.07, 6.45) is 5.89. The monoisotopic (exact) mass is 321 g/mol. The molecule has 0 aliphatic rings. The second-order valence-corrected chi connectivity index (χ2v) is 6.24. The molecule has 4 heteroatoms. The quantitative estimate of drug-likeness (QED) is 0.576. The third-order valence-corrected chi connectivity index (χ3v) is 4.73. The maximum atomic E-state index is 6.25. The first-order chi connectivity index (χ1) is 11.2. The molecule has 114 valence electrons. The molecule has 1 N–H and O–H groups in total. The number of fused-ring (bicyclic) bond motifs is 1. The van der Waals surface area contributed by atoms with Crippen LogP contribution in [-0.4, -0.2) is 14.5 Å². The Labute approximate surface area is 139 Å². The van der Waals surface area contributed by atoms with Crippen LogP contribution in [0.2, 0.25) is 5.02 Å². The smallest absolute Gasteiger partial charge is 0.0931 e. The fraction of sp³-hybridized carbons (Fsp3) is 0.105. The minimum absolute atomic E-state index is 0.353. The van der Waals surface area contributed by atoms with Gasteiger partial charge in [0.1, 0.15) is 0 Å². The third-order valence-electron chi connectivity index (χ3n) is 4.49. The second-order valence-electron chi connectivity index (χ2n) is 5.81. The summed E-state index contributed by atoms with van der Waals surface area (Å²) in [5, 5.41) is 0.739. The summed E-state index contributed by atoms with van der Waals surface area (Å²) in [5.41, 5.74) is 3.96. The first-order valence-corrected chi connectivity index (χ1v) is 7.89. The van der Waals surface area contributed by atoms with Crippen LogP contribution < -0.4 is 0 Å². The standard InChI is InChI=1S/C19H16ClN3/c1-19(23-9-2-3-10-23,14-5-4-6-16(20)11-14)15-7-8-17-18(12-15)22-13-21-17/h2-13H,1H3,(H,21,22). The number of hydrogen-bond donors (Lipinski definition) is 1. The summed E-state index contributed by atoms with van der Waals surface area (Å²) in [6, 6.07) is 18.4. The molecule has 2 aromatic carbocycles. The van der Waals surface area contributed by atoms with Gasteiger partial charge in [0.2, 0.25) is 0 Å². The molecule has 0 aliphatic carbocycles. The molecule has 0 amide bonds. The van der Waals surface area contributed by atoms with E-state index in [1.54, 1.807) is 6.33 Å². The lowest BCUT2D eigenvalue weighted by atomic mass is 9.84. The van der Waals surface area contributed by atoms with Crippen LogP contribution in [0.5, 0.6) is 0 Å². The van der Waals surface area contributed by atoms with Crippen molar-refractivity contribution in [2.75, 3.05) is 0 Å². The van der Waals surface area contributed by atoms with Crippen LogP contribution >= 0.6 is 11.6 Å². The predicted molar refractivity (Wildman–Crippen MR) is 93.8 cm³/mol. The molecule has 2 aromatic heterocycles. The van der Waals surface area contributed by atoms with Crippen LogP contribution in [0.4, 0.5) is 0 Å². The van der Waals surface area contributed by atoms with Crippen molar-refractivity contribution in [3.8, 4) is 0 Å². The van der Waals surface area contributed by atoms with E-state index in [0.29, 0.717) is 0 Å². The molecule has 0 saturated carbocycles. The van der Waals surface area contributed by atoms with Crippen LogP contribution in [0, 0.1) is 0 Å². The Hall–Kier alpha value is -2.52. The number of nitrogens with one attached hydrogen (secondary N) is 1. The molecule has 0 bridgehead atoms. The largest absolute Gasteiger partial charge is 0.345 e. The number of nitrogens with zero attached hydrogens (tertiary/aromatic N) is 2. The number of imidazole rings is 1. The van der Waals surface area contributed by atoms with Crippen molar-refractivity contribution in [2.24, 2.45) is 0 Å². The van der Waals surface area contributed by atoms with Gasteiger partial charge >= 0.3 is 0 Å². The topological polar surface area (TPSA) is 33.6 Å². The van der Waals surface area contributed by atoms with E-state index in [2.05, 4.69) is 52.1 Å². The van der Waals surface area contributed by atoms with Crippen LogP contribution in [0.1, 0.15) is 18.1 Å². The molecular weight excluding hydrogens is 306 g/mol. The lowest BCUT2D eigenvalue weighted by Crippen LogP contribution is -2.31. The first kappa shape index (κ1) is 14.1. The maximum absolute atomic E-state index is 6.25. The van der Waals surface area contributed by atoms with Gasteiger partial charge in [-0.05, 0) is 54.4 Å². The summed E-state index contributed by atoms with van der Waals surface area (Å²) < 4.78 is 2.20. The van der Waals surface area contributed by atoms with Gasteiger partial charge in [0.15, 0.2) is 0 Å². The number of aromatic amines is 1. The van der Waals surface area contributed by atoms with Crippen LogP contribution in [0.3, 0.4) is 0 Å². The van der Waals surface area contributed by atoms with Crippen molar-refractivity contribution in [3.63, 3.8) is 0 Å². The van der Waals surface area contributed by atoms with Crippen molar-refractivity contribution >= 4 is 22.6 Å². The molecular formula is C19H16ClN3. The molecule has 1 atom stereocenters. The van der Waals surface area contributed by atoms with Gasteiger partial charge in [-0.3, -0.25) is 0 Å². The minimum atomic E-state index is -0.353. The van der Waals surface area contributed by atoms with Gasteiger partial charge in [-0.15, -0.1) is 0 Å². The Morgan fingerprint density at radius 2 is 1.78 bits per heavy atom. The average molecular weight is 322 g/mol. The zero-order valence-corrected chi connectivity index (χ0v) is 13.5. The lowest BCUT2D eigenvalue weighted by molar-refractivity contribution is 0.478. The number of H-pyrrole nitrogens is 1. The highest BCUT2D eigenvalue weighted by Crippen LogP contribution is 2.36. The Kier molecular flexibility index (Phi) is 3.24. The predicted octanol–water partition coefficient (Wildman–Crippen LogP) is 4.83. The Morgan fingerprint density at radius 3 is 2.57 bits per heavy atom. The van der Waals surface area contributed by atoms with Crippen LogP contribution in [0.15, 0.2) is 73.3 Å². The van der Waals surface area contributed by atoms with Crippen molar-refractivity contribution in [1.82, 2.24) is 14.5 Å². The highest BCUT2D eigenvalue weighted by molar-refractivity contribution is 6.30. The Morgan fingerprint density at radius 1 is 1.00 bits per heavy atom. The molecule has 23 heavy (non-hydrogen) atoms. The van der Waals surface area contributed by atoms with E-state index in [1.807, 2.05) is 36.4 Å². The summed E-state index contributed by atoms with van der Waals surface area (Å²) in [4.78, 5) is 7.50. The van der Waals surface area contributed by atoms with E-state index in [-0.39, 0.29) is 5.54 Å². The molecule has 0 spiro atoms. The number of hydrogen-bond acceptors (Lipinski definition) is 1. The van der Waals surface area contributed by atoms with Gasteiger partial charge in [-0.1, -0.05) is 29.8 Å². The van der Waals surface area contributed by atoms with E-state index in [4.69, 9.17) is 11.6 Å². The fourth-order valence-corrected chi connectivity index (χ4v) is 3.32. The van der Waals surface area contributed by atoms with E-state index < -0.39 is 0 Å². The van der Waals surface area contributed by atoms with Gasteiger partial charge in [0.25, 0.3) is 0 Å². The number of halogens is 1. The van der Waals surface area contributed by atoms with Crippen molar-refractivity contribution < 1.29 is 0 Å². The van der Waals surface area contributed by atoms with Gasteiger partial charge in [-0.2, -0.15) is 0 Å². The average Bonchev–Trinajstić information content (AvgIpc) is 3.25. The molecule has 1 unspecified atom stereocenters. The molecule has 0 aliphatic heterocycles. The van der Waals surface area contributed by atoms with E-state index in [1.165, 1.54) is 5.56 Å². The molecule has 4 rings (SSSR count). The van der Waals surface area contributed by atoms with Crippen LogP contribution in [0.25, 0.3) is 11.0 Å². The van der Waals surface area contributed by atoms with Gasteiger partial charge < -0.3 is 9.55 Å². The molecule has 3 nitrogen and oxygen atoms in total. The van der Waals surface area contributed by atoms with Crippen molar-refractivity contribution in [1.29, 1.82) is 0 Å². The zero-order chi connectivity index (χ0) is 15.9. The number of aromatic nitrogens is 3. The molecule has 0 saturated heterocycles. The summed E-state index contributed by atoms with van der Waals surface area (Å²) in [7, 11) is 0. The molecule has 0 fully saturated rings. The zero-order valence-electron chi connectivity index (χ0n) is 12.7. The van der Waals surface area contributed by atoms with Crippen molar-refractivity contribution in [2.45, 2.75) is 12.5 Å². The van der Waals surface area contributed by atoms with E-state index in [0.717, 1.165) is 21.6 Å². The second kappa shape index (κ2) is 5.28. The first-order valence-electron chi connectivity index (χ1n) is 7.51. The summed E-state index contributed by atoms with van der Waals surface area (Å²) >= 11 is 6.25. The SMILES string of the molecule is CC(c1cccc(Cl)c1)(c1ccc2nc[nH]c2c1)n1cccc1. The normalized spacial score (nSPS) is 14.0. The highest BCUT2D eigenvalue weighted by atomic mass is 35.5. The summed E-state index contributed by atoms with van der Waals surface area (Å²) in [5.74, 6) is 0. The van der Waals surface area contributed by atoms with Crippen LogP contribution in [-0.2, 0) is 5.54 Å². The molecule has 2 heterocycles. The Balaban J connectivity index is 1.98. The van der Waals surface area contributed by atoms with E-state index in [9.17, 15) is 0 Å². The maximum Gasteiger partial charge on any atom is 0.0931 e. The summed E-state index contributed by atoms with van der Waals surface area (Å²) in [6.45, 7) is 2.20. The fourth-order valence-electron chi connectivity index (χ4n) is 3.13. The molecule has 0 radical (unpaired) electrons. The van der Waals surface area contributed by atoms with Crippen molar-refractivity contribution in [3.05, 3.63) is 89.5 Å². The molecule has 4 aromatic rings. The number of rotatable bonds is 3. The van der Waals surface area contributed by atoms with Gasteiger partial charge in [0.05, 0.1) is 22.9 Å². The third kappa shape index (κ3) is 2.25. The Bertz CT molecular complexity index is 956.